The quantitative estimate of drug-likeness (QED) is 0.148. The molecule has 0 spiro atoms. The van der Waals surface area contributed by atoms with E-state index in [9.17, 15) is 0 Å². The summed E-state index contributed by atoms with van der Waals surface area (Å²) < 4.78 is 2.62. The van der Waals surface area contributed by atoms with Crippen molar-refractivity contribution in [2.24, 2.45) is 0 Å². The first-order chi connectivity index (χ1) is 30.5. The Labute approximate surface area is 366 Å². The second-order valence-corrected chi connectivity index (χ2v) is 18.0. The first kappa shape index (κ1) is 36.4. The number of rotatable bonds is 7. The maximum atomic E-state index is 2.47. The minimum Gasteiger partial charge on any atom is -0.310 e. The topological polar surface area (TPSA) is 6.48 Å². The largest absolute Gasteiger partial charge is 0.310 e. The Hall–Kier alpha value is -7.46. The van der Waals surface area contributed by atoms with Gasteiger partial charge >= 0.3 is 0 Å². The molecule has 2 nitrogen and oxygen atoms in total. The summed E-state index contributed by atoms with van der Waals surface area (Å²) in [6, 6.07) is 80.4. The monoisotopic (exact) mass is 810 g/mol. The zero-order valence-corrected chi connectivity index (χ0v) is 35.4. The van der Waals surface area contributed by atoms with Crippen molar-refractivity contribution >= 4 is 87.2 Å². The van der Waals surface area contributed by atoms with Gasteiger partial charge in [0.25, 0.3) is 0 Å². The van der Waals surface area contributed by atoms with Crippen LogP contribution in [0.25, 0.3) is 64.0 Å². The van der Waals surface area contributed by atoms with Crippen molar-refractivity contribution in [3.63, 3.8) is 0 Å². The molecule has 62 heavy (non-hydrogen) atoms. The molecule has 0 unspecified atom stereocenters. The third kappa shape index (κ3) is 5.77. The van der Waals surface area contributed by atoms with Crippen LogP contribution in [0.15, 0.2) is 218 Å². The highest BCUT2D eigenvalue weighted by atomic mass is 32.1. The van der Waals surface area contributed by atoms with Crippen molar-refractivity contribution in [1.82, 2.24) is 0 Å². The molecule has 11 aromatic rings. The van der Waals surface area contributed by atoms with Gasteiger partial charge in [-0.1, -0.05) is 166 Å². The van der Waals surface area contributed by atoms with Crippen LogP contribution in [0.1, 0.15) is 25.0 Å². The lowest BCUT2D eigenvalue weighted by atomic mass is 9.82. The lowest BCUT2D eigenvalue weighted by Gasteiger charge is -2.32. The smallest absolute Gasteiger partial charge is 0.0561 e. The average Bonchev–Trinajstić information content (AvgIpc) is 3.82. The summed E-state index contributed by atoms with van der Waals surface area (Å²) in [5, 5.41) is 7.55. The molecule has 294 valence electrons. The van der Waals surface area contributed by atoms with Crippen LogP contribution >= 0.6 is 11.3 Å². The van der Waals surface area contributed by atoms with Gasteiger partial charge in [0.2, 0.25) is 0 Å². The third-order valence-electron chi connectivity index (χ3n) is 13.0. The maximum absolute atomic E-state index is 2.47. The second kappa shape index (κ2) is 14.3. The number of anilines is 6. The van der Waals surface area contributed by atoms with E-state index < -0.39 is 0 Å². The molecular formula is C59H42N2S. The first-order valence-electron chi connectivity index (χ1n) is 21.4. The van der Waals surface area contributed by atoms with Gasteiger partial charge in [0.15, 0.2) is 0 Å². The van der Waals surface area contributed by atoms with Crippen LogP contribution in [0.3, 0.4) is 0 Å². The number of hydrogen-bond donors (Lipinski definition) is 0. The first-order valence-corrected chi connectivity index (χ1v) is 22.2. The Morgan fingerprint density at radius 3 is 1.71 bits per heavy atom. The lowest BCUT2D eigenvalue weighted by molar-refractivity contribution is 0.660. The molecule has 0 saturated carbocycles. The molecule has 1 aromatic heterocycles. The van der Waals surface area contributed by atoms with Gasteiger partial charge in [0, 0.05) is 64.8 Å². The van der Waals surface area contributed by atoms with Crippen LogP contribution in [0, 0.1) is 0 Å². The Balaban J connectivity index is 1.16. The summed E-state index contributed by atoms with van der Waals surface area (Å²) in [6.45, 7) is 4.73. The Morgan fingerprint density at radius 2 is 0.952 bits per heavy atom. The predicted octanol–water partition coefficient (Wildman–Crippen LogP) is 17.3. The maximum Gasteiger partial charge on any atom is 0.0561 e. The fourth-order valence-corrected chi connectivity index (χ4v) is 11.3. The molecule has 0 aliphatic heterocycles. The number of nitrogens with zero attached hydrogens (tertiary/aromatic N) is 2. The van der Waals surface area contributed by atoms with Crippen LogP contribution in [-0.2, 0) is 5.41 Å². The zero-order valence-electron chi connectivity index (χ0n) is 34.6. The number of para-hydroxylation sites is 2. The van der Waals surface area contributed by atoms with Gasteiger partial charge in [-0.05, 0) is 111 Å². The van der Waals surface area contributed by atoms with Gasteiger partial charge in [0.1, 0.15) is 0 Å². The van der Waals surface area contributed by atoms with Crippen molar-refractivity contribution in [2.45, 2.75) is 19.3 Å². The molecule has 0 N–H and O–H groups in total. The summed E-state index contributed by atoms with van der Waals surface area (Å²) in [6.07, 6.45) is 0. The van der Waals surface area contributed by atoms with E-state index in [0.717, 1.165) is 34.1 Å². The molecule has 10 aromatic carbocycles. The number of fused-ring (bicyclic) bond motifs is 10. The van der Waals surface area contributed by atoms with Crippen LogP contribution in [-0.4, -0.2) is 0 Å². The molecule has 1 heterocycles. The van der Waals surface area contributed by atoms with Gasteiger partial charge in [-0.25, -0.2) is 0 Å². The van der Waals surface area contributed by atoms with Gasteiger partial charge in [-0.2, -0.15) is 0 Å². The van der Waals surface area contributed by atoms with Crippen LogP contribution < -0.4 is 9.80 Å². The van der Waals surface area contributed by atoms with E-state index in [-0.39, 0.29) is 5.41 Å². The predicted molar refractivity (Wildman–Crippen MR) is 267 cm³/mol. The van der Waals surface area contributed by atoms with Crippen molar-refractivity contribution in [2.75, 3.05) is 9.80 Å². The van der Waals surface area contributed by atoms with Crippen molar-refractivity contribution < 1.29 is 0 Å². The summed E-state index contributed by atoms with van der Waals surface area (Å²) in [5.74, 6) is 0. The number of hydrogen-bond acceptors (Lipinski definition) is 3. The van der Waals surface area contributed by atoms with Gasteiger partial charge in [0.05, 0.1) is 5.69 Å². The highest BCUT2D eigenvalue weighted by Gasteiger charge is 2.36. The lowest BCUT2D eigenvalue weighted by Crippen LogP contribution is -2.17. The minimum absolute atomic E-state index is 0.141. The highest BCUT2D eigenvalue weighted by molar-refractivity contribution is 7.26. The standard InChI is InChI=1S/C59H42N2S/c1-59(2)53-24-14-12-22-47(53)48-35-32-45(37-54(48)59)60(42-18-8-4-9-19-42)46-36-52-49(33-28-41-29-34-51-50-23-13-15-25-56(50)62-58(51)57(41)52)55(38-46)61(43-20-10-5-11-21-43)44-30-26-40(27-31-44)39-16-6-3-7-17-39/h3-38H,1-2H3. The highest BCUT2D eigenvalue weighted by Crippen LogP contribution is 2.52. The van der Waals surface area contributed by atoms with Gasteiger partial charge < -0.3 is 9.80 Å². The number of benzene rings is 10. The fourth-order valence-electron chi connectivity index (χ4n) is 10.0. The molecular weight excluding hydrogens is 769 g/mol. The molecule has 0 bridgehead atoms. The van der Waals surface area contributed by atoms with E-state index in [1.807, 2.05) is 11.3 Å². The SMILES string of the molecule is CC1(C)c2ccccc2-c2ccc(N(c3ccccc3)c3cc(N(c4ccccc4)c4ccc(-c5ccccc5)cc4)c4ccc5ccc6c7ccccc7sc6c5c4c3)cc21. The molecule has 0 amide bonds. The molecule has 1 aliphatic carbocycles. The van der Waals surface area contributed by atoms with E-state index in [1.54, 1.807) is 0 Å². The van der Waals surface area contributed by atoms with E-state index in [0.29, 0.717) is 0 Å². The molecule has 3 heteroatoms. The molecule has 1 aliphatic rings. The van der Waals surface area contributed by atoms with Crippen LogP contribution in [0.4, 0.5) is 34.1 Å². The van der Waals surface area contributed by atoms with E-state index >= 15 is 0 Å². The zero-order chi connectivity index (χ0) is 41.4. The Bertz CT molecular complexity index is 3480. The van der Waals surface area contributed by atoms with Crippen molar-refractivity contribution in [3.8, 4) is 22.3 Å². The normalized spacial score (nSPS) is 12.8. The van der Waals surface area contributed by atoms with Crippen molar-refractivity contribution in [3.05, 3.63) is 230 Å². The Kier molecular flexibility index (Phi) is 8.41. The summed E-state index contributed by atoms with van der Waals surface area (Å²) in [5.41, 5.74) is 14.3. The molecule has 0 saturated heterocycles. The summed E-state index contributed by atoms with van der Waals surface area (Å²) in [4.78, 5) is 4.91. The molecule has 0 atom stereocenters. The molecule has 12 rings (SSSR count). The van der Waals surface area contributed by atoms with Crippen molar-refractivity contribution in [1.29, 1.82) is 0 Å². The van der Waals surface area contributed by atoms with Gasteiger partial charge in [-0.15, -0.1) is 11.3 Å². The summed E-state index contributed by atoms with van der Waals surface area (Å²) >= 11 is 1.90. The van der Waals surface area contributed by atoms with Crippen LogP contribution in [0.2, 0.25) is 0 Å². The van der Waals surface area contributed by atoms with E-state index in [4.69, 9.17) is 0 Å². The van der Waals surface area contributed by atoms with Gasteiger partial charge in [-0.3, -0.25) is 0 Å². The minimum atomic E-state index is -0.141. The second-order valence-electron chi connectivity index (χ2n) is 16.9. The Morgan fingerprint density at radius 1 is 0.371 bits per heavy atom. The fraction of sp³-hybridized carbons (Fsp3) is 0.0508. The molecule has 0 radical (unpaired) electrons. The third-order valence-corrected chi connectivity index (χ3v) is 14.2. The number of thiophene rings is 1. The summed E-state index contributed by atoms with van der Waals surface area (Å²) in [7, 11) is 0. The molecule has 0 fully saturated rings. The van der Waals surface area contributed by atoms with E-state index in [1.165, 1.54) is 75.1 Å². The average molecular weight is 811 g/mol. The van der Waals surface area contributed by atoms with Crippen LogP contribution in [0.5, 0.6) is 0 Å². The van der Waals surface area contributed by atoms with E-state index in [2.05, 4.69) is 242 Å².